The fraction of sp³-hybridized carbons (Fsp3) is 0.273. The first kappa shape index (κ1) is 11.3. The number of rotatable bonds is 4. The lowest BCUT2D eigenvalue weighted by molar-refractivity contribution is -0.119. The SMILES string of the molecule is C/C=N\NC(=O)CNc1ccc2c(c1)OCO2. The van der Waals surface area contributed by atoms with Crippen LogP contribution < -0.4 is 20.2 Å². The minimum atomic E-state index is -0.208. The van der Waals surface area contributed by atoms with Crippen molar-refractivity contribution >= 4 is 17.8 Å². The summed E-state index contributed by atoms with van der Waals surface area (Å²) < 4.78 is 10.4. The Morgan fingerprint density at radius 1 is 1.47 bits per heavy atom. The van der Waals surface area contributed by atoms with Crippen LogP contribution in [-0.4, -0.2) is 25.5 Å². The topological polar surface area (TPSA) is 72.0 Å². The van der Waals surface area contributed by atoms with Crippen LogP contribution in [0.1, 0.15) is 6.92 Å². The molecule has 0 aromatic heterocycles. The second-order valence-electron chi connectivity index (χ2n) is 3.34. The van der Waals surface area contributed by atoms with Gasteiger partial charge in [0.15, 0.2) is 11.5 Å². The van der Waals surface area contributed by atoms with Crippen molar-refractivity contribution in [2.75, 3.05) is 18.7 Å². The van der Waals surface area contributed by atoms with Gasteiger partial charge in [0.2, 0.25) is 6.79 Å². The number of benzene rings is 1. The normalized spacial score (nSPS) is 12.8. The number of ether oxygens (including phenoxy) is 2. The summed E-state index contributed by atoms with van der Waals surface area (Å²) in [6.07, 6.45) is 1.51. The number of anilines is 1. The summed E-state index contributed by atoms with van der Waals surface area (Å²) >= 11 is 0. The minimum absolute atomic E-state index is 0.150. The Labute approximate surface area is 98.6 Å². The van der Waals surface area contributed by atoms with Gasteiger partial charge in [0.05, 0.1) is 6.54 Å². The lowest BCUT2D eigenvalue weighted by Gasteiger charge is -2.05. The van der Waals surface area contributed by atoms with E-state index < -0.39 is 0 Å². The third kappa shape index (κ3) is 2.87. The Morgan fingerprint density at radius 2 is 2.29 bits per heavy atom. The highest BCUT2D eigenvalue weighted by Gasteiger charge is 2.13. The van der Waals surface area contributed by atoms with Gasteiger partial charge >= 0.3 is 0 Å². The van der Waals surface area contributed by atoms with Crippen LogP contribution in [0.3, 0.4) is 0 Å². The molecule has 17 heavy (non-hydrogen) atoms. The van der Waals surface area contributed by atoms with E-state index in [4.69, 9.17) is 9.47 Å². The van der Waals surface area contributed by atoms with Gasteiger partial charge in [-0.15, -0.1) is 0 Å². The maximum atomic E-state index is 11.3. The lowest BCUT2D eigenvalue weighted by atomic mass is 10.3. The summed E-state index contributed by atoms with van der Waals surface area (Å²) in [6, 6.07) is 5.41. The first-order valence-electron chi connectivity index (χ1n) is 5.19. The van der Waals surface area contributed by atoms with Gasteiger partial charge in [0.25, 0.3) is 5.91 Å². The van der Waals surface area contributed by atoms with Gasteiger partial charge in [-0.2, -0.15) is 5.10 Å². The molecule has 1 aliphatic rings. The average Bonchev–Trinajstić information content (AvgIpc) is 2.81. The molecule has 1 aromatic rings. The zero-order chi connectivity index (χ0) is 12.1. The smallest absolute Gasteiger partial charge is 0.259 e. The Hall–Kier alpha value is -2.24. The fourth-order valence-corrected chi connectivity index (χ4v) is 1.36. The third-order valence-electron chi connectivity index (χ3n) is 2.14. The summed E-state index contributed by atoms with van der Waals surface area (Å²) in [5.74, 6) is 1.19. The first-order chi connectivity index (χ1) is 8.29. The molecule has 90 valence electrons. The Balaban J connectivity index is 1.89. The van der Waals surface area contributed by atoms with E-state index in [0.29, 0.717) is 5.75 Å². The highest BCUT2D eigenvalue weighted by Crippen LogP contribution is 2.33. The van der Waals surface area contributed by atoms with Gasteiger partial charge in [-0.05, 0) is 19.1 Å². The van der Waals surface area contributed by atoms with Gasteiger partial charge < -0.3 is 14.8 Å². The van der Waals surface area contributed by atoms with E-state index in [1.54, 1.807) is 19.1 Å². The molecule has 0 spiro atoms. The van der Waals surface area contributed by atoms with E-state index >= 15 is 0 Å². The first-order valence-corrected chi connectivity index (χ1v) is 5.19. The van der Waals surface area contributed by atoms with Crippen molar-refractivity contribution in [1.82, 2.24) is 5.43 Å². The van der Waals surface area contributed by atoms with E-state index in [9.17, 15) is 4.79 Å². The van der Waals surface area contributed by atoms with Crippen LogP contribution in [-0.2, 0) is 4.79 Å². The minimum Gasteiger partial charge on any atom is -0.454 e. The van der Waals surface area contributed by atoms with E-state index in [0.717, 1.165) is 11.4 Å². The molecule has 0 unspecified atom stereocenters. The molecular formula is C11H13N3O3. The molecule has 6 heteroatoms. The molecule has 1 amide bonds. The maximum absolute atomic E-state index is 11.3. The van der Waals surface area contributed by atoms with Crippen LogP contribution >= 0.6 is 0 Å². The number of hydrazone groups is 1. The predicted octanol–water partition coefficient (Wildman–Crippen LogP) is 0.949. The van der Waals surface area contributed by atoms with Gasteiger partial charge in [0, 0.05) is 18.0 Å². The van der Waals surface area contributed by atoms with Crippen LogP contribution in [0, 0.1) is 0 Å². The average molecular weight is 235 g/mol. The molecule has 1 heterocycles. The molecule has 0 atom stereocenters. The van der Waals surface area contributed by atoms with Gasteiger partial charge in [-0.25, -0.2) is 5.43 Å². The number of fused-ring (bicyclic) bond motifs is 1. The number of hydrogen-bond donors (Lipinski definition) is 2. The molecule has 6 nitrogen and oxygen atoms in total. The predicted molar refractivity (Wildman–Crippen MR) is 63.4 cm³/mol. The standard InChI is InChI=1S/C11H13N3O3/c1-2-13-14-11(15)6-12-8-3-4-9-10(5-8)17-7-16-9/h2-5,12H,6-7H2,1H3,(H,14,15)/b13-2-. The summed E-state index contributed by atoms with van der Waals surface area (Å²) in [7, 11) is 0. The molecule has 0 fully saturated rings. The van der Waals surface area contributed by atoms with E-state index in [1.165, 1.54) is 6.21 Å². The maximum Gasteiger partial charge on any atom is 0.259 e. The fourth-order valence-electron chi connectivity index (χ4n) is 1.36. The highest BCUT2D eigenvalue weighted by atomic mass is 16.7. The van der Waals surface area contributed by atoms with Gasteiger partial charge in [-0.1, -0.05) is 0 Å². The number of nitrogens with one attached hydrogen (secondary N) is 2. The van der Waals surface area contributed by atoms with Crippen molar-refractivity contribution in [2.24, 2.45) is 5.10 Å². The van der Waals surface area contributed by atoms with Crippen molar-refractivity contribution < 1.29 is 14.3 Å². The lowest BCUT2D eigenvalue weighted by Crippen LogP contribution is -2.25. The zero-order valence-corrected chi connectivity index (χ0v) is 9.40. The summed E-state index contributed by atoms with van der Waals surface area (Å²) in [4.78, 5) is 11.3. The van der Waals surface area contributed by atoms with Crippen molar-refractivity contribution in [2.45, 2.75) is 6.92 Å². The Morgan fingerprint density at radius 3 is 3.12 bits per heavy atom. The van der Waals surface area contributed by atoms with Crippen LogP contribution in [0.4, 0.5) is 5.69 Å². The van der Waals surface area contributed by atoms with Crippen molar-refractivity contribution in [3.63, 3.8) is 0 Å². The van der Waals surface area contributed by atoms with Crippen LogP contribution in [0.2, 0.25) is 0 Å². The highest BCUT2D eigenvalue weighted by molar-refractivity contribution is 5.81. The molecule has 2 rings (SSSR count). The van der Waals surface area contributed by atoms with Crippen LogP contribution in [0.5, 0.6) is 11.5 Å². The Bertz CT molecular complexity index is 446. The van der Waals surface area contributed by atoms with Crippen molar-refractivity contribution in [3.05, 3.63) is 18.2 Å². The molecule has 0 saturated heterocycles. The summed E-state index contributed by atoms with van der Waals surface area (Å²) in [6.45, 7) is 2.12. The second kappa shape index (κ2) is 5.20. The Kier molecular flexibility index (Phi) is 3.44. The molecule has 1 aliphatic heterocycles. The number of nitrogens with zero attached hydrogens (tertiary/aromatic N) is 1. The molecule has 0 bridgehead atoms. The molecule has 0 aliphatic carbocycles. The van der Waals surface area contributed by atoms with Crippen molar-refractivity contribution in [3.8, 4) is 11.5 Å². The molecule has 0 radical (unpaired) electrons. The number of hydrogen-bond acceptors (Lipinski definition) is 5. The van der Waals surface area contributed by atoms with Crippen LogP contribution in [0.25, 0.3) is 0 Å². The number of carbonyl (C=O) groups excluding carboxylic acids is 1. The summed E-state index contributed by atoms with van der Waals surface area (Å²) in [5, 5.41) is 6.59. The van der Waals surface area contributed by atoms with E-state index in [-0.39, 0.29) is 19.2 Å². The van der Waals surface area contributed by atoms with E-state index in [1.807, 2.05) is 6.07 Å². The largest absolute Gasteiger partial charge is 0.454 e. The monoisotopic (exact) mass is 235 g/mol. The molecule has 0 saturated carbocycles. The quantitative estimate of drug-likeness (QED) is 0.602. The van der Waals surface area contributed by atoms with Crippen molar-refractivity contribution in [1.29, 1.82) is 0 Å². The molecule has 2 N–H and O–H groups in total. The molecular weight excluding hydrogens is 222 g/mol. The van der Waals surface area contributed by atoms with E-state index in [2.05, 4.69) is 15.8 Å². The second-order valence-corrected chi connectivity index (χ2v) is 3.34. The van der Waals surface area contributed by atoms with Crippen LogP contribution in [0.15, 0.2) is 23.3 Å². The third-order valence-corrected chi connectivity index (χ3v) is 2.14. The van der Waals surface area contributed by atoms with Gasteiger partial charge in [0.1, 0.15) is 0 Å². The van der Waals surface area contributed by atoms with Gasteiger partial charge in [-0.3, -0.25) is 4.79 Å². The number of amides is 1. The zero-order valence-electron chi connectivity index (χ0n) is 9.40. The molecule has 1 aromatic carbocycles. The number of carbonyl (C=O) groups is 1. The summed E-state index contributed by atoms with van der Waals surface area (Å²) in [5.41, 5.74) is 3.16.